The third-order valence-corrected chi connectivity index (χ3v) is 6.40. The smallest absolute Gasteiger partial charge is 0.359 e. The molecule has 9 heteroatoms. The first-order chi connectivity index (χ1) is 16.7. The Morgan fingerprint density at radius 2 is 1.71 bits per heavy atom. The highest BCUT2D eigenvalue weighted by Gasteiger charge is 2.43. The first-order valence-electron chi connectivity index (χ1n) is 11.9. The number of esters is 1. The summed E-state index contributed by atoms with van der Waals surface area (Å²) in [6.45, 7) is 6.70. The molecule has 1 aromatic carbocycles. The summed E-state index contributed by atoms with van der Waals surface area (Å²) in [5.74, 6) is 1.06. The summed E-state index contributed by atoms with van der Waals surface area (Å²) in [7, 11) is 0. The zero-order valence-electron chi connectivity index (χ0n) is 20.1. The van der Waals surface area contributed by atoms with Crippen LogP contribution in [0, 0.1) is 11.8 Å². The third kappa shape index (κ3) is 5.18. The van der Waals surface area contributed by atoms with E-state index in [1.165, 1.54) is 23.3 Å². The van der Waals surface area contributed by atoms with Gasteiger partial charge in [0.05, 0.1) is 6.10 Å². The Hall–Kier alpha value is -3.75. The molecule has 1 amide bonds. The van der Waals surface area contributed by atoms with Gasteiger partial charge in [-0.15, -0.1) is 0 Å². The molecule has 182 valence electrons. The van der Waals surface area contributed by atoms with Gasteiger partial charge >= 0.3 is 12.0 Å². The molecule has 0 spiro atoms. The highest BCUT2D eigenvalue weighted by molar-refractivity contribution is 5.88. The molecule has 5 rings (SSSR count). The number of likely N-dealkylation sites (tertiary alicyclic amines) is 1. The van der Waals surface area contributed by atoms with Crippen molar-refractivity contribution in [2.45, 2.75) is 45.3 Å². The molecular weight excluding hydrogens is 446 g/mol. The molecule has 9 nitrogen and oxygen atoms in total. The normalized spacial score (nSPS) is 21.6. The summed E-state index contributed by atoms with van der Waals surface area (Å²) in [4.78, 5) is 35.2. The molecule has 1 aliphatic heterocycles. The number of carbonyl (C=O) groups excluding carboxylic acids is 2. The molecule has 0 bridgehead atoms. The van der Waals surface area contributed by atoms with Crippen LogP contribution in [-0.4, -0.2) is 61.4 Å². The number of rotatable bonds is 4. The molecular formula is C26H29N5O4. The van der Waals surface area contributed by atoms with E-state index in [1.54, 1.807) is 33.2 Å². The standard InChI is InChI=1S/C26H29N5O4/c1-26(2,3)35-24(32)23-7-8-31(29-23)25(33)30-14-18-10-22(11-19(18)15-30)34-21-6-4-5-17(9-21)20-12-27-16-28-13-20/h4-9,12-13,16,18-19,22H,10-11,14-15H2,1-3H3/t18-,19+,22?. The summed E-state index contributed by atoms with van der Waals surface area (Å²) < 4.78 is 12.9. The fraction of sp³-hybridized carbons (Fsp3) is 0.423. The molecule has 2 aromatic heterocycles. The van der Waals surface area contributed by atoms with E-state index < -0.39 is 11.6 Å². The number of hydrogen-bond donors (Lipinski definition) is 0. The van der Waals surface area contributed by atoms with Gasteiger partial charge in [0.1, 0.15) is 17.7 Å². The molecule has 1 saturated heterocycles. The van der Waals surface area contributed by atoms with Crippen molar-refractivity contribution in [2.24, 2.45) is 11.8 Å². The van der Waals surface area contributed by atoms with Gasteiger partial charge in [0.15, 0.2) is 5.69 Å². The number of ether oxygens (including phenoxy) is 2. The van der Waals surface area contributed by atoms with Gasteiger partial charge in [-0.25, -0.2) is 19.6 Å². The maximum Gasteiger partial charge on any atom is 0.359 e. The van der Waals surface area contributed by atoms with Crippen molar-refractivity contribution in [1.82, 2.24) is 24.6 Å². The lowest BCUT2D eigenvalue weighted by Gasteiger charge is -2.20. The number of benzene rings is 1. The van der Waals surface area contributed by atoms with Gasteiger partial charge in [0.2, 0.25) is 0 Å². The Balaban J connectivity index is 1.17. The Morgan fingerprint density at radius 1 is 1.00 bits per heavy atom. The molecule has 3 aromatic rings. The Bertz CT molecular complexity index is 1210. The lowest BCUT2D eigenvalue weighted by molar-refractivity contribution is 0.00623. The number of amides is 1. The van der Waals surface area contributed by atoms with Crippen LogP contribution in [0.5, 0.6) is 5.75 Å². The van der Waals surface area contributed by atoms with Gasteiger partial charge in [-0.2, -0.15) is 9.78 Å². The maximum atomic E-state index is 13.0. The van der Waals surface area contributed by atoms with Crippen LogP contribution in [0.2, 0.25) is 0 Å². The molecule has 1 aliphatic carbocycles. The predicted octanol–water partition coefficient (Wildman–Crippen LogP) is 4.05. The summed E-state index contributed by atoms with van der Waals surface area (Å²) >= 11 is 0. The van der Waals surface area contributed by atoms with E-state index in [9.17, 15) is 9.59 Å². The minimum Gasteiger partial charge on any atom is -0.490 e. The number of carbonyl (C=O) groups is 2. The molecule has 35 heavy (non-hydrogen) atoms. The van der Waals surface area contributed by atoms with E-state index in [1.807, 2.05) is 29.2 Å². The van der Waals surface area contributed by atoms with E-state index >= 15 is 0 Å². The molecule has 1 unspecified atom stereocenters. The van der Waals surface area contributed by atoms with Gasteiger partial charge in [-0.3, -0.25) is 0 Å². The van der Waals surface area contributed by atoms with E-state index in [0.717, 1.165) is 29.7 Å². The first-order valence-corrected chi connectivity index (χ1v) is 11.9. The number of fused-ring (bicyclic) bond motifs is 1. The van der Waals surface area contributed by atoms with E-state index in [0.29, 0.717) is 24.9 Å². The van der Waals surface area contributed by atoms with Crippen molar-refractivity contribution in [3.8, 4) is 16.9 Å². The SMILES string of the molecule is CC(C)(C)OC(=O)c1ccn(C(=O)N2C[C@H]3CC(Oc4cccc(-c5cncnc5)c4)C[C@H]3C2)n1. The van der Waals surface area contributed by atoms with E-state index in [4.69, 9.17) is 9.47 Å². The van der Waals surface area contributed by atoms with Crippen molar-refractivity contribution in [1.29, 1.82) is 0 Å². The van der Waals surface area contributed by atoms with Crippen molar-refractivity contribution in [3.05, 3.63) is 60.9 Å². The van der Waals surface area contributed by atoms with Gasteiger partial charge in [-0.05, 0) is 69.2 Å². The summed E-state index contributed by atoms with van der Waals surface area (Å²) in [5.41, 5.74) is 1.48. The third-order valence-electron chi connectivity index (χ3n) is 6.40. The van der Waals surface area contributed by atoms with E-state index in [-0.39, 0.29) is 17.8 Å². The van der Waals surface area contributed by atoms with Crippen molar-refractivity contribution >= 4 is 12.0 Å². The van der Waals surface area contributed by atoms with Crippen LogP contribution in [0.3, 0.4) is 0 Å². The van der Waals surface area contributed by atoms with Crippen LogP contribution in [-0.2, 0) is 4.74 Å². The lowest BCUT2D eigenvalue weighted by atomic mass is 10.0. The van der Waals surface area contributed by atoms with Crippen LogP contribution < -0.4 is 4.74 Å². The zero-order chi connectivity index (χ0) is 24.6. The average molecular weight is 476 g/mol. The van der Waals surface area contributed by atoms with E-state index in [2.05, 4.69) is 15.1 Å². The molecule has 0 N–H and O–H groups in total. The maximum absolute atomic E-state index is 13.0. The molecule has 0 radical (unpaired) electrons. The van der Waals surface area contributed by atoms with Gasteiger partial charge in [0, 0.05) is 37.2 Å². The molecule has 2 fully saturated rings. The van der Waals surface area contributed by atoms with Crippen LogP contribution in [0.15, 0.2) is 55.2 Å². The number of hydrogen-bond acceptors (Lipinski definition) is 7. The molecule has 2 aliphatic rings. The second kappa shape index (κ2) is 9.13. The minimum absolute atomic E-state index is 0.119. The predicted molar refractivity (Wildman–Crippen MR) is 128 cm³/mol. The van der Waals surface area contributed by atoms with Crippen molar-refractivity contribution < 1.29 is 19.1 Å². The summed E-state index contributed by atoms with van der Waals surface area (Å²) in [6, 6.07) is 9.28. The van der Waals surface area contributed by atoms with Crippen LogP contribution >= 0.6 is 0 Å². The Labute approximate surface area is 204 Å². The first kappa shape index (κ1) is 23.0. The number of aromatic nitrogens is 4. The average Bonchev–Trinajstić information content (AvgIpc) is 3.54. The quantitative estimate of drug-likeness (QED) is 0.525. The summed E-state index contributed by atoms with van der Waals surface area (Å²) in [5, 5.41) is 4.15. The van der Waals surface area contributed by atoms with Crippen LogP contribution in [0.1, 0.15) is 44.1 Å². The molecule has 3 heterocycles. The Kier molecular flexibility index (Phi) is 6.00. The van der Waals surface area contributed by atoms with Gasteiger partial charge < -0.3 is 14.4 Å². The zero-order valence-corrected chi connectivity index (χ0v) is 20.1. The fourth-order valence-corrected chi connectivity index (χ4v) is 4.90. The highest BCUT2D eigenvalue weighted by Crippen LogP contribution is 2.40. The van der Waals surface area contributed by atoms with Crippen LogP contribution in [0.25, 0.3) is 11.1 Å². The molecule has 1 saturated carbocycles. The largest absolute Gasteiger partial charge is 0.490 e. The van der Waals surface area contributed by atoms with Gasteiger partial charge in [-0.1, -0.05) is 12.1 Å². The van der Waals surface area contributed by atoms with Crippen molar-refractivity contribution in [2.75, 3.05) is 13.1 Å². The van der Waals surface area contributed by atoms with Crippen LogP contribution in [0.4, 0.5) is 4.79 Å². The lowest BCUT2D eigenvalue weighted by Crippen LogP contribution is -2.35. The topological polar surface area (TPSA) is 99.4 Å². The monoisotopic (exact) mass is 475 g/mol. The fourth-order valence-electron chi connectivity index (χ4n) is 4.90. The molecule has 3 atom stereocenters. The summed E-state index contributed by atoms with van der Waals surface area (Å²) in [6.07, 6.45) is 8.52. The Morgan fingerprint density at radius 3 is 2.40 bits per heavy atom. The minimum atomic E-state index is -0.618. The van der Waals surface area contributed by atoms with Gasteiger partial charge in [0.25, 0.3) is 0 Å². The van der Waals surface area contributed by atoms with Crippen molar-refractivity contribution in [3.63, 3.8) is 0 Å². The second-order valence-electron chi connectivity index (χ2n) is 10.2. The highest BCUT2D eigenvalue weighted by atomic mass is 16.6. The number of nitrogens with zero attached hydrogens (tertiary/aromatic N) is 5. The second-order valence-corrected chi connectivity index (χ2v) is 10.2.